The molecule has 12 heavy (non-hydrogen) atoms. The Hall–Kier alpha value is -1.55. The first-order chi connectivity index (χ1) is 5.90. The van der Waals surface area contributed by atoms with Gasteiger partial charge in [-0.15, -0.1) is 0 Å². The molecule has 2 rings (SSSR count). The van der Waals surface area contributed by atoms with Crippen molar-refractivity contribution in [3.63, 3.8) is 0 Å². The van der Waals surface area contributed by atoms with Gasteiger partial charge in [0, 0.05) is 0 Å². The maximum atomic E-state index is 5.35. The van der Waals surface area contributed by atoms with Gasteiger partial charge in [0.05, 0.1) is 0 Å². The molecule has 0 radical (unpaired) electrons. The van der Waals surface area contributed by atoms with Crippen LogP contribution in [0.3, 0.4) is 0 Å². The van der Waals surface area contributed by atoms with Crippen LogP contribution in [0.5, 0.6) is 5.75 Å². The van der Waals surface area contributed by atoms with Crippen LogP contribution < -0.4 is 16.0 Å². The van der Waals surface area contributed by atoms with Gasteiger partial charge in [0.15, 0.2) is 5.84 Å². The summed E-state index contributed by atoms with van der Waals surface area (Å²) in [5.41, 5.74) is 3.29. The van der Waals surface area contributed by atoms with Crippen LogP contribution in [-0.4, -0.2) is 12.4 Å². The highest BCUT2D eigenvalue weighted by Gasteiger charge is 2.10. The molecule has 1 aromatic rings. The number of aliphatic imine (C=N–C) groups is 1. The summed E-state index contributed by atoms with van der Waals surface area (Å²) in [7, 11) is 0. The Labute approximate surface area is 70.0 Å². The maximum Gasteiger partial charge on any atom is 0.154 e. The van der Waals surface area contributed by atoms with Gasteiger partial charge in [0.1, 0.15) is 18.0 Å². The van der Waals surface area contributed by atoms with E-state index in [4.69, 9.17) is 10.6 Å². The van der Waals surface area contributed by atoms with Gasteiger partial charge in [-0.05, 0) is 12.1 Å². The Morgan fingerprint density at radius 1 is 1.42 bits per heavy atom. The molecule has 62 valence electrons. The van der Waals surface area contributed by atoms with Crippen molar-refractivity contribution in [2.75, 3.05) is 6.61 Å². The Morgan fingerprint density at radius 2 is 2.25 bits per heavy atom. The summed E-state index contributed by atoms with van der Waals surface area (Å²) in [6.07, 6.45) is 0. The van der Waals surface area contributed by atoms with Crippen LogP contribution in [0, 0.1) is 0 Å². The lowest BCUT2D eigenvalue weighted by atomic mass is 10.3. The van der Waals surface area contributed by atoms with Crippen LogP contribution in [0.2, 0.25) is 0 Å². The van der Waals surface area contributed by atoms with Crippen molar-refractivity contribution in [3.05, 3.63) is 24.3 Å². The molecule has 0 aliphatic carbocycles. The van der Waals surface area contributed by atoms with Gasteiger partial charge < -0.3 is 10.2 Å². The predicted octanol–water partition coefficient (Wildman–Crippen LogP) is 0.572. The summed E-state index contributed by atoms with van der Waals surface area (Å²) < 4.78 is 5.35. The third-order valence-corrected chi connectivity index (χ3v) is 1.65. The minimum Gasteiger partial charge on any atom is -0.483 e. The molecule has 0 unspecified atom stereocenters. The number of nitrogens with one attached hydrogen (secondary N) is 1. The highest BCUT2D eigenvalue weighted by Crippen LogP contribution is 2.28. The van der Waals surface area contributed by atoms with Crippen molar-refractivity contribution >= 4 is 11.5 Å². The second kappa shape index (κ2) is 2.83. The third-order valence-electron chi connectivity index (χ3n) is 1.65. The molecule has 0 aromatic heterocycles. The van der Waals surface area contributed by atoms with E-state index in [1.807, 2.05) is 24.3 Å². The topological polar surface area (TPSA) is 59.6 Å². The lowest BCUT2D eigenvalue weighted by Gasteiger charge is -2.15. The maximum absolute atomic E-state index is 5.35. The standard InChI is InChI=1S/C8H9N3O/c9-11-8-5-12-7-4-2-1-3-6(7)10-8/h1-4H,5,9H2,(H,10,11). The smallest absolute Gasteiger partial charge is 0.154 e. The van der Waals surface area contributed by atoms with E-state index < -0.39 is 0 Å². The summed E-state index contributed by atoms with van der Waals surface area (Å²) in [6.45, 7) is 0.410. The molecule has 1 aliphatic rings. The summed E-state index contributed by atoms with van der Waals surface area (Å²) >= 11 is 0. The number of nitrogens with two attached hydrogens (primary N) is 1. The average Bonchev–Trinajstić information content (AvgIpc) is 2.17. The number of amidine groups is 1. The Balaban J connectivity index is 2.41. The predicted molar refractivity (Wildman–Crippen MR) is 46.4 cm³/mol. The Bertz CT molecular complexity index is 322. The number of ether oxygens (including phenoxy) is 1. The fourth-order valence-corrected chi connectivity index (χ4v) is 1.07. The Morgan fingerprint density at radius 3 is 3.08 bits per heavy atom. The fourth-order valence-electron chi connectivity index (χ4n) is 1.07. The molecule has 1 aromatic carbocycles. The second-order valence-electron chi connectivity index (χ2n) is 2.46. The molecule has 1 aliphatic heterocycles. The SMILES string of the molecule is NNC1=Nc2ccccc2OC1. The van der Waals surface area contributed by atoms with Gasteiger partial charge in [0.25, 0.3) is 0 Å². The second-order valence-corrected chi connectivity index (χ2v) is 2.46. The largest absolute Gasteiger partial charge is 0.483 e. The van der Waals surface area contributed by atoms with Crippen LogP contribution >= 0.6 is 0 Å². The van der Waals surface area contributed by atoms with E-state index in [1.165, 1.54) is 0 Å². The Kier molecular flexibility index (Phi) is 1.68. The molecular weight excluding hydrogens is 154 g/mol. The summed E-state index contributed by atoms with van der Waals surface area (Å²) in [6, 6.07) is 7.58. The normalized spacial score (nSPS) is 14.2. The van der Waals surface area contributed by atoms with Crippen molar-refractivity contribution < 1.29 is 4.74 Å². The fraction of sp³-hybridized carbons (Fsp3) is 0.125. The lowest BCUT2D eigenvalue weighted by Crippen LogP contribution is -2.35. The van der Waals surface area contributed by atoms with Gasteiger partial charge in [-0.25, -0.2) is 10.8 Å². The summed E-state index contributed by atoms with van der Waals surface area (Å²) in [5.74, 6) is 6.65. The molecule has 3 N–H and O–H groups in total. The highest BCUT2D eigenvalue weighted by atomic mass is 16.5. The van der Waals surface area contributed by atoms with E-state index in [9.17, 15) is 0 Å². The molecule has 0 bridgehead atoms. The number of benzene rings is 1. The zero-order chi connectivity index (χ0) is 8.39. The number of hydrazine groups is 1. The number of para-hydroxylation sites is 2. The van der Waals surface area contributed by atoms with Crippen molar-refractivity contribution in [3.8, 4) is 5.75 Å². The number of nitrogens with zero attached hydrogens (tertiary/aromatic N) is 1. The number of rotatable bonds is 0. The number of hydrogen-bond donors (Lipinski definition) is 2. The highest BCUT2D eigenvalue weighted by molar-refractivity contribution is 5.88. The summed E-state index contributed by atoms with van der Waals surface area (Å²) in [4.78, 5) is 4.22. The molecule has 1 heterocycles. The third kappa shape index (κ3) is 1.12. The average molecular weight is 163 g/mol. The molecule has 0 atom stereocenters. The van der Waals surface area contributed by atoms with E-state index in [-0.39, 0.29) is 0 Å². The van der Waals surface area contributed by atoms with Crippen LogP contribution in [0.25, 0.3) is 0 Å². The molecule has 0 saturated heterocycles. The van der Waals surface area contributed by atoms with Gasteiger partial charge in [0.2, 0.25) is 0 Å². The van der Waals surface area contributed by atoms with Gasteiger partial charge in [-0.3, -0.25) is 0 Å². The van der Waals surface area contributed by atoms with E-state index in [0.29, 0.717) is 12.4 Å². The molecule has 0 saturated carbocycles. The monoisotopic (exact) mass is 163 g/mol. The van der Waals surface area contributed by atoms with Crippen molar-refractivity contribution in [2.45, 2.75) is 0 Å². The molecule has 4 heteroatoms. The first-order valence-electron chi connectivity index (χ1n) is 3.66. The van der Waals surface area contributed by atoms with E-state index in [0.717, 1.165) is 11.4 Å². The zero-order valence-electron chi connectivity index (χ0n) is 6.45. The molecule has 4 nitrogen and oxygen atoms in total. The molecular formula is C8H9N3O. The summed E-state index contributed by atoms with van der Waals surface area (Å²) in [5, 5.41) is 0. The van der Waals surface area contributed by atoms with Crippen molar-refractivity contribution in [2.24, 2.45) is 10.8 Å². The van der Waals surface area contributed by atoms with Crippen LogP contribution in [0.4, 0.5) is 5.69 Å². The van der Waals surface area contributed by atoms with Crippen molar-refractivity contribution in [1.82, 2.24) is 5.43 Å². The minimum atomic E-state index is 0.410. The lowest BCUT2D eigenvalue weighted by molar-refractivity contribution is 0.367. The number of fused-ring (bicyclic) bond motifs is 1. The van der Waals surface area contributed by atoms with Gasteiger partial charge in [-0.2, -0.15) is 0 Å². The van der Waals surface area contributed by atoms with Crippen molar-refractivity contribution in [1.29, 1.82) is 0 Å². The van der Waals surface area contributed by atoms with E-state index in [2.05, 4.69) is 10.4 Å². The zero-order valence-corrected chi connectivity index (χ0v) is 6.45. The number of hydrogen-bond acceptors (Lipinski definition) is 4. The van der Waals surface area contributed by atoms with Crippen LogP contribution in [0.1, 0.15) is 0 Å². The minimum absolute atomic E-state index is 0.410. The molecule has 0 amide bonds. The quantitative estimate of drug-likeness (QED) is 0.434. The van der Waals surface area contributed by atoms with E-state index >= 15 is 0 Å². The first-order valence-corrected chi connectivity index (χ1v) is 3.66. The molecule has 0 fully saturated rings. The van der Waals surface area contributed by atoms with Crippen LogP contribution in [-0.2, 0) is 0 Å². The first kappa shape index (κ1) is 7.12. The van der Waals surface area contributed by atoms with Gasteiger partial charge in [-0.1, -0.05) is 12.1 Å². The van der Waals surface area contributed by atoms with Crippen LogP contribution in [0.15, 0.2) is 29.3 Å². The molecule has 0 spiro atoms. The van der Waals surface area contributed by atoms with E-state index in [1.54, 1.807) is 0 Å². The van der Waals surface area contributed by atoms with Gasteiger partial charge >= 0.3 is 0 Å².